The summed E-state index contributed by atoms with van der Waals surface area (Å²) >= 11 is 16.0. The van der Waals surface area contributed by atoms with Gasteiger partial charge in [-0.3, -0.25) is 5.84 Å². The number of rotatable bonds is 0. The maximum atomic E-state index is 5.47. The molecule has 1 aliphatic rings. The Balaban J connectivity index is 0.000000165. The summed E-state index contributed by atoms with van der Waals surface area (Å²) in [5.41, 5.74) is 0. The fraction of sp³-hybridized carbons (Fsp3) is 0.625. The van der Waals surface area contributed by atoms with Crippen LogP contribution >= 0.6 is 34.8 Å². The van der Waals surface area contributed by atoms with E-state index in [9.17, 15) is 0 Å². The molecule has 0 aromatic carbocycles. The van der Waals surface area contributed by atoms with Crippen molar-refractivity contribution in [2.24, 2.45) is 5.84 Å². The van der Waals surface area contributed by atoms with Crippen molar-refractivity contribution >= 4 is 34.8 Å². The molecule has 2 rings (SSSR count). The van der Waals surface area contributed by atoms with Gasteiger partial charge in [0.25, 0.3) is 0 Å². The Kier molecular flexibility index (Phi) is 6.23. The summed E-state index contributed by atoms with van der Waals surface area (Å²) in [6, 6.07) is 0. The van der Waals surface area contributed by atoms with Gasteiger partial charge in [-0.1, -0.05) is 6.42 Å². The molecule has 5 nitrogen and oxygen atoms in total. The molecule has 1 saturated heterocycles. The number of hydrogen-bond acceptors (Lipinski definition) is 5. The molecule has 0 aliphatic carbocycles. The van der Waals surface area contributed by atoms with Gasteiger partial charge in [0.05, 0.1) is 0 Å². The smallest absolute Gasteiger partial charge is 0.227 e. The standard InChI is InChI=1S/C5H12N2.C3Cl3N3/c6-7-4-2-1-3-5-7;4-1-7-2(5)9-3(6)8-1/h1-6H2;. The summed E-state index contributed by atoms with van der Waals surface area (Å²) in [7, 11) is 0. The van der Waals surface area contributed by atoms with Crippen LogP contribution in [0.15, 0.2) is 0 Å². The Morgan fingerprint density at radius 1 is 0.812 bits per heavy atom. The van der Waals surface area contributed by atoms with Gasteiger partial charge in [-0.15, -0.1) is 0 Å². The lowest BCUT2D eigenvalue weighted by Crippen LogP contribution is -2.35. The SMILES string of the molecule is Clc1nc(Cl)nc(Cl)n1.NN1CCCCC1. The van der Waals surface area contributed by atoms with E-state index in [-0.39, 0.29) is 15.9 Å². The summed E-state index contributed by atoms with van der Waals surface area (Å²) in [6.45, 7) is 2.19. The number of aromatic nitrogens is 3. The topological polar surface area (TPSA) is 67.9 Å². The lowest BCUT2D eigenvalue weighted by molar-refractivity contribution is 0.235. The third kappa shape index (κ3) is 5.77. The Bertz CT molecular complexity index is 279. The first kappa shape index (κ1) is 13.9. The molecule has 1 fully saturated rings. The van der Waals surface area contributed by atoms with Crippen LogP contribution in [0.3, 0.4) is 0 Å². The van der Waals surface area contributed by atoms with Crippen LogP contribution in [0, 0.1) is 0 Å². The molecular formula is C8H12Cl3N5. The van der Waals surface area contributed by atoms with Crippen molar-refractivity contribution in [3.63, 3.8) is 0 Å². The van der Waals surface area contributed by atoms with Gasteiger partial charge < -0.3 is 0 Å². The normalized spacial score (nSPS) is 16.5. The summed E-state index contributed by atoms with van der Waals surface area (Å²) in [4.78, 5) is 10.4. The lowest BCUT2D eigenvalue weighted by atomic mass is 10.2. The fourth-order valence-corrected chi connectivity index (χ4v) is 1.83. The number of nitrogens with two attached hydrogens (primary N) is 1. The van der Waals surface area contributed by atoms with E-state index in [1.807, 2.05) is 5.01 Å². The molecule has 2 heterocycles. The molecule has 2 N–H and O–H groups in total. The molecule has 1 aliphatic heterocycles. The van der Waals surface area contributed by atoms with Crippen molar-refractivity contribution in [2.45, 2.75) is 19.3 Å². The molecule has 0 amide bonds. The van der Waals surface area contributed by atoms with Crippen LogP contribution < -0.4 is 5.84 Å². The second kappa shape index (κ2) is 7.19. The second-order valence-electron chi connectivity index (χ2n) is 3.24. The highest BCUT2D eigenvalue weighted by Crippen LogP contribution is 2.08. The molecule has 1 aromatic heterocycles. The Morgan fingerprint density at radius 2 is 1.19 bits per heavy atom. The van der Waals surface area contributed by atoms with Gasteiger partial charge in [0.1, 0.15) is 0 Å². The van der Waals surface area contributed by atoms with Crippen molar-refractivity contribution in [3.8, 4) is 0 Å². The van der Waals surface area contributed by atoms with E-state index in [4.69, 9.17) is 40.6 Å². The van der Waals surface area contributed by atoms with Crippen LogP contribution in [0.1, 0.15) is 19.3 Å². The second-order valence-corrected chi connectivity index (χ2v) is 4.25. The van der Waals surface area contributed by atoms with Crippen LogP contribution in [0.25, 0.3) is 0 Å². The van der Waals surface area contributed by atoms with Gasteiger partial charge in [-0.05, 0) is 47.6 Å². The third-order valence-corrected chi connectivity index (χ3v) is 2.45. The monoisotopic (exact) mass is 283 g/mol. The molecule has 8 heteroatoms. The Hall–Kier alpha value is -0.200. The summed E-state index contributed by atoms with van der Waals surface area (Å²) in [5, 5.41) is 1.89. The first-order valence-electron chi connectivity index (χ1n) is 4.80. The number of halogens is 3. The predicted octanol–water partition coefficient (Wildman–Crippen LogP) is 2.18. The van der Waals surface area contributed by atoms with Crippen LogP contribution in [-0.2, 0) is 0 Å². The molecule has 0 saturated carbocycles. The maximum Gasteiger partial charge on any atom is 0.227 e. The number of nitrogens with zero attached hydrogens (tertiary/aromatic N) is 4. The van der Waals surface area contributed by atoms with E-state index in [0.717, 1.165) is 13.1 Å². The van der Waals surface area contributed by atoms with E-state index >= 15 is 0 Å². The highest BCUT2D eigenvalue weighted by Gasteiger charge is 2.02. The average molecular weight is 285 g/mol. The van der Waals surface area contributed by atoms with Crippen LogP contribution in [0.4, 0.5) is 0 Å². The zero-order valence-electron chi connectivity index (χ0n) is 8.54. The van der Waals surface area contributed by atoms with Crippen LogP contribution in [0.5, 0.6) is 0 Å². The molecule has 0 unspecified atom stereocenters. The van der Waals surface area contributed by atoms with Crippen molar-refractivity contribution in [1.29, 1.82) is 0 Å². The van der Waals surface area contributed by atoms with E-state index in [2.05, 4.69) is 15.0 Å². The van der Waals surface area contributed by atoms with Crippen LogP contribution in [0.2, 0.25) is 15.9 Å². The molecule has 0 spiro atoms. The zero-order valence-corrected chi connectivity index (χ0v) is 10.8. The van der Waals surface area contributed by atoms with Crippen molar-refractivity contribution in [1.82, 2.24) is 20.0 Å². The minimum atomic E-state index is 0.000000000000000444. The van der Waals surface area contributed by atoms with Gasteiger partial charge in [0, 0.05) is 13.1 Å². The maximum absolute atomic E-state index is 5.47. The predicted molar refractivity (Wildman–Crippen MR) is 64.5 cm³/mol. The molecule has 0 bridgehead atoms. The highest BCUT2D eigenvalue weighted by atomic mass is 35.5. The molecule has 90 valence electrons. The van der Waals surface area contributed by atoms with Crippen molar-refractivity contribution in [2.75, 3.05) is 13.1 Å². The summed E-state index contributed by atoms with van der Waals surface area (Å²) in [5.74, 6) is 5.47. The van der Waals surface area contributed by atoms with E-state index < -0.39 is 0 Å². The zero-order chi connectivity index (χ0) is 12.0. The lowest BCUT2D eigenvalue weighted by Gasteiger charge is -2.20. The number of piperidine rings is 1. The number of hydrogen-bond donors (Lipinski definition) is 1. The Labute approximate surface area is 109 Å². The fourth-order valence-electron chi connectivity index (χ4n) is 1.22. The summed E-state index contributed by atoms with van der Waals surface area (Å²) in [6.07, 6.45) is 3.95. The van der Waals surface area contributed by atoms with E-state index in [1.165, 1.54) is 19.3 Å². The van der Waals surface area contributed by atoms with E-state index in [1.54, 1.807) is 0 Å². The van der Waals surface area contributed by atoms with Gasteiger partial charge in [0.2, 0.25) is 15.9 Å². The van der Waals surface area contributed by atoms with E-state index in [0.29, 0.717) is 0 Å². The summed E-state index contributed by atoms with van der Waals surface area (Å²) < 4.78 is 0. The van der Waals surface area contributed by atoms with Gasteiger partial charge in [-0.2, -0.15) is 15.0 Å². The number of hydrazine groups is 1. The minimum Gasteiger partial charge on any atom is -0.269 e. The van der Waals surface area contributed by atoms with Gasteiger partial charge in [0.15, 0.2) is 0 Å². The molecular weight excluding hydrogens is 272 g/mol. The molecule has 16 heavy (non-hydrogen) atoms. The van der Waals surface area contributed by atoms with Crippen molar-refractivity contribution < 1.29 is 0 Å². The van der Waals surface area contributed by atoms with Gasteiger partial charge in [-0.25, -0.2) is 5.01 Å². The third-order valence-electron chi connectivity index (χ3n) is 1.94. The quantitative estimate of drug-likeness (QED) is 0.740. The minimum absolute atomic E-state index is 0.000000000000000444. The van der Waals surface area contributed by atoms with Crippen molar-refractivity contribution in [3.05, 3.63) is 15.9 Å². The molecule has 1 aromatic rings. The largest absolute Gasteiger partial charge is 0.269 e. The first-order chi connectivity index (χ1) is 7.58. The highest BCUT2D eigenvalue weighted by molar-refractivity contribution is 6.33. The Morgan fingerprint density at radius 3 is 1.44 bits per heavy atom. The first-order valence-corrected chi connectivity index (χ1v) is 5.93. The van der Waals surface area contributed by atoms with Crippen LogP contribution in [-0.4, -0.2) is 33.1 Å². The van der Waals surface area contributed by atoms with Gasteiger partial charge >= 0.3 is 0 Å². The molecule has 0 radical (unpaired) electrons. The average Bonchev–Trinajstić information content (AvgIpc) is 2.17. The molecule has 0 atom stereocenters.